The van der Waals surface area contributed by atoms with Gasteiger partial charge in [0.1, 0.15) is 24.6 Å². The highest BCUT2D eigenvalue weighted by Gasteiger charge is 2.35. The molecule has 3 amide bonds. The van der Waals surface area contributed by atoms with Gasteiger partial charge in [0, 0.05) is 17.3 Å². The van der Waals surface area contributed by atoms with Crippen molar-refractivity contribution in [3.8, 4) is 5.75 Å². The molecule has 11 nitrogen and oxygen atoms in total. The lowest BCUT2D eigenvalue weighted by Gasteiger charge is -2.33. The fourth-order valence-corrected chi connectivity index (χ4v) is 5.65. The zero-order valence-corrected chi connectivity index (χ0v) is 28.0. The lowest BCUT2D eigenvalue weighted by atomic mass is 9.90. The topological polar surface area (TPSA) is 170 Å². The Morgan fingerprint density at radius 1 is 0.667 bits per heavy atom. The van der Waals surface area contributed by atoms with Gasteiger partial charge in [-0.2, -0.15) is 0 Å². The van der Waals surface area contributed by atoms with Gasteiger partial charge in [-0.1, -0.05) is 84.9 Å². The Kier molecular flexibility index (Phi) is 12.5. The minimum Gasteiger partial charge on any atom is -0.508 e. The van der Waals surface area contributed by atoms with Crippen LogP contribution in [-0.2, 0) is 24.2 Å². The van der Waals surface area contributed by atoms with Crippen LogP contribution in [0.4, 0.5) is 10.5 Å². The van der Waals surface area contributed by atoms with Gasteiger partial charge in [0.05, 0.1) is 29.0 Å². The molecule has 0 spiro atoms. The Morgan fingerprint density at radius 3 is 1.78 bits per heavy atom. The molecule has 0 saturated carbocycles. The van der Waals surface area contributed by atoms with Crippen LogP contribution >= 0.6 is 0 Å². The van der Waals surface area contributed by atoms with Crippen LogP contribution in [0.1, 0.15) is 43.1 Å². The number of amides is 3. The van der Waals surface area contributed by atoms with E-state index in [9.17, 15) is 29.7 Å². The smallest absolute Gasteiger partial charge is 0.412 e. The minimum absolute atomic E-state index is 0.0512. The lowest BCUT2D eigenvalue weighted by molar-refractivity contribution is -0.0219. The fourth-order valence-electron chi connectivity index (χ4n) is 5.65. The molecule has 0 fully saturated rings. The largest absolute Gasteiger partial charge is 0.508 e. The number of nitrogens with zero attached hydrogens (tertiary/aromatic N) is 1. The summed E-state index contributed by atoms with van der Waals surface area (Å²) in [6, 6.07) is 32.4. The highest BCUT2D eigenvalue weighted by molar-refractivity contribution is 6.02. The van der Waals surface area contributed by atoms with Crippen LogP contribution < -0.4 is 16.0 Å². The summed E-state index contributed by atoms with van der Waals surface area (Å²) in [4.78, 5) is 44.1. The molecule has 0 radical (unpaired) electrons. The number of phenolic OH excluding ortho intramolecular Hbond substituents is 1. The number of aromatic hydroxyl groups is 1. The summed E-state index contributed by atoms with van der Waals surface area (Å²) < 4.78 is 5.28. The van der Waals surface area contributed by atoms with E-state index >= 15 is 0 Å². The lowest BCUT2D eigenvalue weighted by Crippen LogP contribution is -2.57. The first kappa shape index (κ1) is 36.2. The third kappa shape index (κ3) is 10.0. The molecule has 51 heavy (non-hydrogen) atoms. The van der Waals surface area contributed by atoms with Crippen molar-refractivity contribution in [1.82, 2.24) is 15.6 Å². The second kappa shape index (κ2) is 17.6. The van der Waals surface area contributed by atoms with Crippen molar-refractivity contribution in [3.63, 3.8) is 0 Å². The molecule has 0 aliphatic carbocycles. The van der Waals surface area contributed by atoms with E-state index in [1.807, 2.05) is 60.7 Å². The highest BCUT2D eigenvalue weighted by atomic mass is 16.5. The number of anilines is 1. The zero-order chi connectivity index (χ0) is 36.2. The number of aliphatic hydroxyl groups is 2. The first-order valence-electron chi connectivity index (χ1n) is 16.5. The molecule has 0 aliphatic heterocycles. The highest BCUT2D eigenvalue weighted by Crippen LogP contribution is 2.22. The normalized spacial score (nSPS) is 13.2. The number of ether oxygens (including phenoxy) is 1. The summed E-state index contributed by atoms with van der Waals surface area (Å²) in [7, 11) is 0. The molecule has 1 heterocycles. The van der Waals surface area contributed by atoms with Crippen molar-refractivity contribution in [3.05, 3.63) is 161 Å². The third-order valence-electron chi connectivity index (χ3n) is 8.44. The third-order valence-corrected chi connectivity index (χ3v) is 8.44. The van der Waals surface area contributed by atoms with Gasteiger partial charge in [-0.05, 0) is 67.3 Å². The van der Waals surface area contributed by atoms with Gasteiger partial charge >= 0.3 is 6.09 Å². The van der Waals surface area contributed by atoms with E-state index in [1.54, 1.807) is 61.7 Å². The number of aromatic nitrogens is 1. The Labute approximate surface area is 296 Å². The van der Waals surface area contributed by atoms with Gasteiger partial charge in [0.2, 0.25) is 0 Å². The van der Waals surface area contributed by atoms with Crippen molar-refractivity contribution < 1.29 is 34.4 Å². The predicted octanol–water partition coefficient (Wildman–Crippen LogP) is 4.95. The molecule has 0 bridgehead atoms. The van der Waals surface area contributed by atoms with Crippen molar-refractivity contribution in [1.29, 1.82) is 0 Å². The molecule has 0 unspecified atom stereocenters. The second-order valence-electron chi connectivity index (χ2n) is 12.0. The molecule has 262 valence electrons. The van der Waals surface area contributed by atoms with Crippen LogP contribution in [0.2, 0.25) is 0 Å². The van der Waals surface area contributed by atoms with Crippen molar-refractivity contribution in [2.45, 2.75) is 50.7 Å². The Balaban J connectivity index is 1.38. The molecule has 0 saturated heterocycles. The average Bonchev–Trinajstić information content (AvgIpc) is 3.15. The number of benzene rings is 4. The van der Waals surface area contributed by atoms with Crippen LogP contribution in [-0.4, -0.2) is 62.5 Å². The number of pyridine rings is 1. The SMILES string of the molecule is Cc1c(O)cccc1C(=O)N[C@@H](Cc1ccccc1)[C@@H](O)[C@@H](O)[C@H](Cc1ccccc1)NC(=O)c1ccccc1NC(=O)OCc1ccccn1. The molecule has 6 N–H and O–H groups in total. The van der Waals surface area contributed by atoms with Gasteiger partial charge < -0.3 is 30.7 Å². The van der Waals surface area contributed by atoms with E-state index < -0.39 is 42.2 Å². The first-order chi connectivity index (χ1) is 24.7. The van der Waals surface area contributed by atoms with E-state index in [2.05, 4.69) is 20.9 Å². The number of phenols is 1. The van der Waals surface area contributed by atoms with E-state index in [0.717, 1.165) is 11.1 Å². The number of hydrogen-bond acceptors (Lipinski definition) is 8. The second-order valence-corrected chi connectivity index (χ2v) is 12.0. The summed E-state index contributed by atoms with van der Waals surface area (Å²) in [5.41, 5.74) is 2.97. The van der Waals surface area contributed by atoms with Crippen LogP contribution in [0.5, 0.6) is 5.75 Å². The van der Waals surface area contributed by atoms with Crippen molar-refractivity contribution in [2.75, 3.05) is 5.32 Å². The number of hydrogen-bond donors (Lipinski definition) is 6. The van der Waals surface area contributed by atoms with E-state index in [0.29, 0.717) is 11.3 Å². The zero-order valence-electron chi connectivity index (χ0n) is 28.0. The standard InChI is InChI=1S/C40H40N4O7/c1-26-30(19-12-21-35(26)45)38(48)42-33(23-27-13-4-2-5-14-27)36(46)37(47)34(24-28-15-6-3-7-16-28)43-39(49)31-18-8-9-20-32(31)44-40(50)51-25-29-17-10-11-22-41-29/h2-22,33-34,36-37,45-47H,23-25H2,1H3,(H,42,48)(H,43,49)(H,44,50)/t33-,34-,36+,37-/m0/s1. The monoisotopic (exact) mass is 688 g/mol. The quantitative estimate of drug-likeness (QED) is 0.0953. The van der Waals surface area contributed by atoms with E-state index in [4.69, 9.17) is 4.74 Å². The summed E-state index contributed by atoms with van der Waals surface area (Å²) in [6.07, 6.45) is -2.06. The van der Waals surface area contributed by atoms with Crippen LogP contribution in [0.3, 0.4) is 0 Å². The molecular formula is C40H40N4O7. The van der Waals surface area contributed by atoms with Gasteiger partial charge in [-0.25, -0.2) is 4.79 Å². The summed E-state index contributed by atoms with van der Waals surface area (Å²) in [5.74, 6) is -1.22. The summed E-state index contributed by atoms with van der Waals surface area (Å²) in [6.45, 7) is 1.54. The maximum absolute atomic E-state index is 13.8. The Bertz CT molecular complexity index is 1910. The maximum atomic E-state index is 13.8. The van der Waals surface area contributed by atoms with Gasteiger partial charge in [-0.15, -0.1) is 0 Å². The number of aliphatic hydroxyl groups excluding tert-OH is 2. The average molecular weight is 689 g/mol. The number of carbonyl (C=O) groups excluding carboxylic acids is 3. The number of para-hydroxylation sites is 1. The Hall–Kier alpha value is -6.04. The molecule has 5 aromatic rings. The minimum atomic E-state index is -1.57. The van der Waals surface area contributed by atoms with Crippen molar-refractivity contribution in [2.24, 2.45) is 0 Å². The molecular weight excluding hydrogens is 648 g/mol. The molecule has 5 rings (SSSR count). The summed E-state index contributed by atoms with van der Waals surface area (Å²) >= 11 is 0. The summed E-state index contributed by atoms with van der Waals surface area (Å²) in [5, 5.41) is 42.1. The molecule has 4 atom stereocenters. The van der Waals surface area contributed by atoms with Gasteiger partial charge in [-0.3, -0.25) is 19.9 Å². The van der Waals surface area contributed by atoms with Gasteiger partial charge in [0.15, 0.2) is 0 Å². The van der Waals surface area contributed by atoms with Crippen molar-refractivity contribution >= 4 is 23.6 Å². The number of nitrogens with one attached hydrogen (secondary N) is 3. The Morgan fingerprint density at radius 2 is 1.20 bits per heavy atom. The van der Waals surface area contributed by atoms with Crippen LogP contribution in [0.15, 0.2) is 128 Å². The molecule has 0 aliphatic rings. The maximum Gasteiger partial charge on any atom is 0.412 e. The molecule has 4 aromatic carbocycles. The van der Waals surface area contributed by atoms with E-state index in [-0.39, 0.29) is 42.0 Å². The fraction of sp³-hybridized carbons (Fsp3) is 0.200. The molecule has 1 aromatic heterocycles. The molecule has 11 heteroatoms. The number of carbonyl (C=O) groups is 3. The van der Waals surface area contributed by atoms with E-state index in [1.165, 1.54) is 12.1 Å². The predicted molar refractivity (Wildman–Crippen MR) is 192 cm³/mol. The first-order valence-corrected chi connectivity index (χ1v) is 16.5. The van der Waals surface area contributed by atoms with Crippen LogP contribution in [0, 0.1) is 6.92 Å². The number of rotatable bonds is 14. The van der Waals surface area contributed by atoms with Gasteiger partial charge in [0.25, 0.3) is 11.8 Å². The van der Waals surface area contributed by atoms with Crippen LogP contribution in [0.25, 0.3) is 0 Å².